The van der Waals surface area contributed by atoms with E-state index in [4.69, 9.17) is 9.47 Å². The number of ketones is 1. The van der Waals surface area contributed by atoms with Gasteiger partial charge in [-0.3, -0.25) is 9.59 Å². The van der Waals surface area contributed by atoms with E-state index < -0.39 is 17.5 Å². The molecule has 0 spiro atoms. The topological polar surface area (TPSA) is 93.1 Å². The lowest BCUT2D eigenvalue weighted by atomic mass is 9.81. The monoisotopic (exact) mass is 388 g/mol. The standard InChI is InChI=1S/C22H28O6/c1-6-7-13(10-15(23)24)16-20-14(8-9-22(4,5)28-20)19(26)17-18(25)11(2)12(3)27-21(16)17/h8-9,11-13,26H,6-7,10H2,1-5H3,(H,23,24)/t11-,12-,13-/m0/s1. The third-order valence-corrected chi connectivity index (χ3v) is 5.60. The van der Waals surface area contributed by atoms with Crippen LogP contribution in [0.15, 0.2) is 6.08 Å². The smallest absolute Gasteiger partial charge is 0.303 e. The zero-order valence-corrected chi connectivity index (χ0v) is 17.0. The van der Waals surface area contributed by atoms with Crippen LogP contribution in [-0.4, -0.2) is 33.7 Å². The number of hydrogen-bond donors (Lipinski definition) is 2. The van der Waals surface area contributed by atoms with Crippen molar-refractivity contribution in [2.24, 2.45) is 5.92 Å². The molecule has 2 aliphatic rings. The summed E-state index contributed by atoms with van der Waals surface area (Å²) < 4.78 is 12.3. The van der Waals surface area contributed by atoms with Crippen molar-refractivity contribution in [1.82, 2.24) is 0 Å². The number of ether oxygens (including phenoxy) is 2. The van der Waals surface area contributed by atoms with Gasteiger partial charge in [0, 0.05) is 11.5 Å². The zero-order chi connectivity index (χ0) is 20.8. The average molecular weight is 388 g/mol. The average Bonchev–Trinajstić information content (AvgIpc) is 2.58. The summed E-state index contributed by atoms with van der Waals surface area (Å²) in [6.45, 7) is 9.33. The summed E-state index contributed by atoms with van der Waals surface area (Å²) in [6.07, 6.45) is 4.45. The number of phenolic OH excluding ortho intramolecular Hbond substituents is 1. The fourth-order valence-corrected chi connectivity index (χ4v) is 3.94. The first-order valence-electron chi connectivity index (χ1n) is 9.81. The molecule has 0 amide bonds. The molecule has 0 fully saturated rings. The summed E-state index contributed by atoms with van der Waals surface area (Å²) in [5.74, 6) is -1.38. The van der Waals surface area contributed by atoms with Gasteiger partial charge in [-0.05, 0) is 39.3 Å². The molecule has 2 aliphatic heterocycles. The van der Waals surface area contributed by atoms with Gasteiger partial charge < -0.3 is 19.7 Å². The van der Waals surface area contributed by atoms with Crippen molar-refractivity contribution >= 4 is 17.8 Å². The number of hydrogen-bond acceptors (Lipinski definition) is 5. The van der Waals surface area contributed by atoms with Crippen LogP contribution >= 0.6 is 0 Å². The van der Waals surface area contributed by atoms with E-state index in [1.54, 1.807) is 13.0 Å². The summed E-state index contributed by atoms with van der Waals surface area (Å²) >= 11 is 0. The Balaban J connectivity index is 2.34. The number of carbonyl (C=O) groups excluding carboxylic acids is 1. The zero-order valence-electron chi connectivity index (χ0n) is 17.0. The van der Waals surface area contributed by atoms with E-state index in [1.165, 1.54) is 0 Å². The second-order valence-electron chi connectivity index (χ2n) is 8.31. The summed E-state index contributed by atoms with van der Waals surface area (Å²) in [6, 6.07) is 0. The van der Waals surface area contributed by atoms with E-state index in [9.17, 15) is 19.8 Å². The van der Waals surface area contributed by atoms with Crippen LogP contribution in [0.4, 0.5) is 0 Å². The minimum atomic E-state index is -0.928. The molecule has 3 atom stereocenters. The maximum Gasteiger partial charge on any atom is 0.303 e. The Morgan fingerprint density at radius 2 is 1.96 bits per heavy atom. The van der Waals surface area contributed by atoms with E-state index in [2.05, 4.69) is 0 Å². The number of fused-ring (bicyclic) bond motifs is 2. The molecule has 0 bridgehead atoms. The van der Waals surface area contributed by atoms with Crippen LogP contribution in [0.1, 0.15) is 81.3 Å². The molecule has 0 unspecified atom stereocenters. The van der Waals surface area contributed by atoms with Gasteiger partial charge in [0.2, 0.25) is 0 Å². The first kappa shape index (κ1) is 20.2. The number of phenols is 1. The molecular weight excluding hydrogens is 360 g/mol. The second kappa shape index (κ2) is 7.15. The van der Waals surface area contributed by atoms with Crippen molar-refractivity contribution in [1.29, 1.82) is 0 Å². The van der Waals surface area contributed by atoms with Crippen molar-refractivity contribution in [2.45, 2.75) is 71.5 Å². The summed E-state index contributed by atoms with van der Waals surface area (Å²) in [5.41, 5.74) is 0.508. The van der Waals surface area contributed by atoms with E-state index >= 15 is 0 Å². The van der Waals surface area contributed by atoms with Crippen LogP contribution in [-0.2, 0) is 4.79 Å². The summed E-state index contributed by atoms with van der Waals surface area (Å²) in [4.78, 5) is 24.6. The largest absolute Gasteiger partial charge is 0.506 e. The lowest BCUT2D eigenvalue weighted by Crippen LogP contribution is -2.36. The molecule has 0 saturated carbocycles. The SMILES string of the molecule is CCC[C@@H](CC(=O)O)c1c2c(c(O)c3c1O[C@@H](C)[C@H](C)C3=O)C=CC(C)(C)O2. The fraction of sp³-hybridized carbons (Fsp3) is 0.545. The van der Waals surface area contributed by atoms with E-state index in [-0.39, 0.29) is 41.3 Å². The molecule has 0 saturated heterocycles. The van der Waals surface area contributed by atoms with Gasteiger partial charge in [-0.25, -0.2) is 0 Å². The van der Waals surface area contributed by atoms with Gasteiger partial charge in [-0.15, -0.1) is 0 Å². The minimum Gasteiger partial charge on any atom is -0.506 e. The van der Waals surface area contributed by atoms with Crippen molar-refractivity contribution in [3.63, 3.8) is 0 Å². The van der Waals surface area contributed by atoms with Crippen LogP contribution < -0.4 is 9.47 Å². The lowest BCUT2D eigenvalue weighted by molar-refractivity contribution is -0.137. The number of benzene rings is 1. The minimum absolute atomic E-state index is 0.105. The molecule has 6 heteroatoms. The molecular formula is C22H28O6. The Hall–Kier alpha value is -2.50. The molecule has 2 heterocycles. The van der Waals surface area contributed by atoms with Crippen LogP contribution in [0, 0.1) is 5.92 Å². The Labute approximate surface area is 165 Å². The maximum absolute atomic E-state index is 13.0. The van der Waals surface area contributed by atoms with Gasteiger partial charge in [0.25, 0.3) is 0 Å². The number of aliphatic carboxylic acids is 1. The van der Waals surface area contributed by atoms with Gasteiger partial charge in [0.15, 0.2) is 5.78 Å². The van der Waals surface area contributed by atoms with Crippen LogP contribution in [0.25, 0.3) is 6.08 Å². The predicted octanol–water partition coefficient (Wildman–Crippen LogP) is 4.53. The van der Waals surface area contributed by atoms with Crippen molar-refractivity contribution < 1.29 is 29.3 Å². The quantitative estimate of drug-likeness (QED) is 0.769. The molecule has 28 heavy (non-hydrogen) atoms. The molecule has 152 valence electrons. The van der Waals surface area contributed by atoms with Gasteiger partial charge in [-0.1, -0.05) is 20.3 Å². The van der Waals surface area contributed by atoms with Crippen LogP contribution in [0.3, 0.4) is 0 Å². The van der Waals surface area contributed by atoms with Crippen molar-refractivity contribution in [2.75, 3.05) is 0 Å². The second-order valence-corrected chi connectivity index (χ2v) is 8.31. The van der Waals surface area contributed by atoms with Gasteiger partial charge in [-0.2, -0.15) is 0 Å². The Bertz CT molecular complexity index is 851. The summed E-state index contributed by atoms with van der Waals surface area (Å²) in [5, 5.41) is 20.4. The highest BCUT2D eigenvalue weighted by Crippen LogP contribution is 2.53. The molecule has 0 aliphatic carbocycles. The number of aromatic hydroxyl groups is 1. The Kier molecular flexibility index (Phi) is 5.17. The van der Waals surface area contributed by atoms with E-state index in [0.717, 1.165) is 6.42 Å². The third-order valence-electron chi connectivity index (χ3n) is 5.60. The highest BCUT2D eigenvalue weighted by atomic mass is 16.5. The molecule has 1 aromatic carbocycles. The lowest BCUT2D eigenvalue weighted by Gasteiger charge is -2.37. The normalized spacial score (nSPS) is 23.2. The number of rotatable bonds is 5. The van der Waals surface area contributed by atoms with Gasteiger partial charge >= 0.3 is 5.97 Å². The van der Waals surface area contributed by atoms with Gasteiger partial charge in [0.1, 0.15) is 34.5 Å². The Morgan fingerprint density at radius 3 is 2.57 bits per heavy atom. The molecule has 0 radical (unpaired) electrons. The first-order chi connectivity index (χ1) is 13.1. The fourth-order valence-electron chi connectivity index (χ4n) is 3.94. The highest BCUT2D eigenvalue weighted by Gasteiger charge is 2.41. The molecule has 0 aromatic heterocycles. The molecule has 2 N–H and O–H groups in total. The van der Waals surface area contributed by atoms with E-state index in [0.29, 0.717) is 23.3 Å². The number of carboxylic acids is 1. The maximum atomic E-state index is 13.0. The summed E-state index contributed by atoms with van der Waals surface area (Å²) in [7, 11) is 0. The van der Waals surface area contributed by atoms with Gasteiger partial charge in [0.05, 0.1) is 17.9 Å². The molecule has 3 rings (SSSR count). The number of carbonyl (C=O) groups is 2. The number of Topliss-reactive ketones (excluding diaryl/α,β-unsaturated/α-hetero) is 1. The van der Waals surface area contributed by atoms with Crippen molar-refractivity contribution in [3.05, 3.63) is 22.8 Å². The molecule has 1 aromatic rings. The van der Waals surface area contributed by atoms with Crippen LogP contribution in [0.5, 0.6) is 17.2 Å². The van der Waals surface area contributed by atoms with Crippen LogP contribution in [0.2, 0.25) is 0 Å². The third kappa shape index (κ3) is 3.36. The Morgan fingerprint density at radius 1 is 1.29 bits per heavy atom. The van der Waals surface area contributed by atoms with E-state index in [1.807, 2.05) is 33.8 Å². The van der Waals surface area contributed by atoms with Crippen molar-refractivity contribution in [3.8, 4) is 17.2 Å². The number of carboxylic acid groups (broad SMARTS) is 1. The highest BCUT2D eigenvalue weighted by molar-refractivity contribution is 6.06. The predicted molar refractivity (Wildman–Crippen MR) is 105 cm³/mol. The first-order valence-corrected chi connectivity index (χ1v) is 9.81. The molecule has 6 nitrogen and oxygen atoms in total.